The molecule has 0 saturated heterocycles. The van der Waals surface area contributed by atoms with Crippen LogP contribution in [0.3, 0.4) is 0 Å². The lowest BCUT2D eigenvalue weighted by molar-refractivity contribution is -0.122. The maximum atomic E-state index is 10.9. The van der Waals surface area contributed by atoms with Crippen LogP contribution in [0.1, 0.15) is 0 Å². The topological polar surface area (TPSA) is 81.1 Å². The lowest BCUT2D eigenvalue weighted by Gasteiger charge is -2.27. The largest absolute Gasteiger partial charge is 0.373 e. The van der Waals surface area contributed by atoms with Crippen LogP contribution in [0.2, 0.25) is 0 Å². The molecule has 0 aromatic heterocycles. The van der Waals surface area contributed by atoms with Gasteiger partial charge < -0.3 is 16.8 Å². The first-order valence-electron chi connectivity index (χ1n) is 3.33. The fourth-order valence-electron chi connectivity index (χ4n) is 0.901. The van der Waals surface area contributed by atoms with E-state index in [4.69, 9.17) is 11.5 Å². The number of nitrogens with one attached hydrogen (secondary N) is 1. The van der Waals surface area contributed by atoms with Crippen LogP contribution in [0.4, 0.5) is 0 Å². The number of carbonyl (C=O) groups is 1. The van der Waals surface area contributed by atoms with Crippen LogP contribution in [0.15, 0.2) is 24.4 Å². The maximum Gasteiger partial charge on any atom is 0.248 e. The minimum absolute atomic E-state index is 0.170. The highest BCUT2D eigenvalue weighted by Crippen LogP contribution is 2.07. The number of nitrogens with two attached hydrogens (primary N) is 2. The summed E-state index contributed by atoms with van der Waals surface area (Å²) in [7, 11) is 0. The predicted molar refractivity (Wildman–Crippen MR) is 42.4 cm³/mol. The first-order chi connectivity index (χ1) is 5.21. The summed E-state index contributed by atoms with van der Waals surface area (Å²) in [5.74, 6) is -0.458. The lowest BCUT2D eigenvalue weighted by atomic mass is 9.97. The first-order valence-corrected chi connectivity index (χ1v) is 3.33. The molecule has 1 aliphatic heterocycles. The molecular formula is C7H11N3O. The van der Waals surface area contributed by atoms with Crippen molar-refractivity contribution in [1.82, 2.24) is 5.32 Å². The Bertz CT molecular complexity index is 222. The van der Waals surface area contributed by atoms with Crippen LogP contribution in [0.25, 0.3) is 0 Å². The number of amides is 1. The normalized spacial score (nSPS) is 28.1. The molecule has 0 saturated carbocycles. The summed E-state index contributed by atoms with van der Waals surface area (Å²) in [6.07, 6.45) is 6.83. The third-order valence-electron chi connectivity index (χ3n) is 1.69. The van der Waals surface area contributed by atoms with Crippen molar-refractivity contribution in [3.63, 3.8) is 0 Å². The molecule has 0 bridgehead atoms. The SMILES string of the molecule is NCC1(C(N)=O)C=CC=CN1. The van der Waals surface area contributed by atoms with Gasteiger partial charge in [0.2, 0.25) is 5.91 Å². The minimum atomic E-state index is -0.880. The van der Waals surface area contributed by atoms with Crippen LogP contribution < -0.4 is 16.8 Å². The summed E-state index contributed by atoms with van der Waals surface area (Å²) >= 11 is 0. The van der Waals surface area contributed by atoms with Crippen molar-refractivity contribution in [3.05, 3.63) is 24.4 Å². The van der Waals surface area contributed by atoms with Gasteiger partial charge in [0, 0.05) is 6.54 Å². The Morgan fingerprint density at radius 2 is 2.27 bits per heavy atom. The van der Waals surface area contributed by atoms with Crippen LogP contribution in [-0.4, -0.2) is 18.0 Å². The molecule has 0 radical (unpaired) electrons. The molecule has 1 amide bonds. The van der Waals surface area contributed by atoms with Gasteiger partial charge in [-0.1, -0.05) is 6.08 Å². The molecule has 1 aliphatic rings. The molecule has 60 valence electrons. The first kappa shape index (κ1) is 7.81. The Hall–Kier alpha value is -1.29. The maximum absolute atomic E-state index is 10.9. The van der Waals surface area contributed by atoms with Crippen molar-refractivity contribution >= 4 is 5.91 Å². The highest BCUT2D eigenvalue weighted by Gasteiger charge is 2.31. The van der Waals surface area contributed by atoms with Gasteiger partial charge in [0.15, 0.2) is 0 Å². The van der Waals surface area contributed by atoms with Crippen LogP contribution in [0.5, 0.6) is 0 Å². The zero-order valence-electron chi connectivity index (χ0n) is 6.08. The number of hydrogen-bond donors (Lipinski definition) is 3. The molecule has 1 heterocycles. The molecule has 1 atom stereocenters. The summed E-state index contributed by atoms with van der Waals surface area (Å²) in [4.78, 5) is 10.9. The molecule has 1 rings (SSSR count). The number of carbonyl (C=O) groups excluding carboxylic acids is 1. The average Bonchev–Trinajstić information content (AvgIpc) is 2.05. The quantitative estimate of drug-likeness (QED) is 0.468. The summed E-state index contributed by atoms with van der Waals surface area (Å²) in [5.41, 5.74) is 9.66. The molecule has 1 unspecified atom stereocenters. The number of dihydropyridines is 1. The van der Waals surface area contributed by atoms with E-state index in [-0.39, 0.29) is 6.54 Å². The Labute approximate surface area is 64.9 Å². The van der Waals surface area contributed by atoms with E-state index in [1.165, 1.54) is 0 Å². The number of allylic oxidation sites excluding steroid dienone is 2. The van der Waals surface area contributed by atoms with Gasteiger partial charge in [-0.2, -0.15) is 0 Å². The van der Waals surface area contributed by atoms with E-state index in [1.54, 1.807) is 24.4 Å². The molecular weight excluding hydrogens is 142 g/mol. The lowest BCUT2D eigenvalue weighted by Crippen LogP contribution is -2.57. The Morgan fingerprint density at radius 3 is 2.55 bits per heavy atom. The molecule has 4 heteroatoms. The number of primary amides is 1. The zero-order chi connectivity index (χ0) is 8.32. The van der Waals surface area contributed by atoms with E-state index >= 15 is 0 Å². The third kappa shape index (κ3) is 1.25. The standard InChI is InChI=1S/C7H11N3O/c8-5-7(6(9)11)3-1-2-4-10-7/h1-4,10H,5,8H2,(H2,9,11). The molecule has 11 heavy (non-hydrogen) atoms. The predicted octanol–water partition coefficient (Wildman–Crippen LogP) is -1.16. The second kappa shape index (κ2) is 2.75. The molecule has 0 spiro atoms. The monoisotopic (exact) mass is 153 g/mol. The molecule has 0 aromatic rings. The van der Waals surface area contributed by atoms with Crippen LogP contribution in [-0.2, 0) is 4.79 Å². The molecule has 0 aliphatic carbocycles. The second-order valence-electron chi connectivity index (χ2n) is 2.40. The van der Waals surface area contributed by atoms with Gasteiger partial charge in [0.05, 0.1) is 0 Å². The fourth-order valence-corrected chi connectivity index (χ4v) is 0.901. The summed E-state index contributed by atoms with van der Waals surface area (Å²) in [5, 5.41) is 2.81. The van der Waals surface area contributed by atoms with Crippen molar-refractivity contribution in [2.45, 2.75) is 5.54 Å². The Balaban J connectivity index is 2.85. The number of hydrogen-bond acceptors (Lipinski definition) is 3. The van der Waals surface area contributed by atoms with Gasteiger partial charge >= 0.3 is 0 Å². The molecule has 0 fully saturated rings. The van der Waals surface area contributed by atoms with E-state index in [9.17, 15) is 4.79 Å². The van der Waals surface area contributed by atoms with Gasteiger partial charge in [-0.25, -0.2) is 0 Å². The average molecular weight is 153 g/mol. The van der Waals surface area contributed by atoms with E-state index in [2.05, 4.69) is 5.32 Å². The van der Waals surface area contributed by atoms with Crippen molar-refractivity contribution in [2.24, 2.45) is 11.5 Å². The van der Waals surface area contributed by atoms with Crippen molar-refractivity contribution < 1.29 is 4.79 Å². The Kier molecular flexibility index (Phi) is 1.96. The van der Waals surface area contributed by atoms with Crippen molar-refractivity contribution in [3.8, 4) is 0 Å². The molecule has 5 N–H and O–H groups in total. The highest BCUT2D eigenvalue weighted by molar-refractivity contribution is 5.88. The minimum Gasteiger partial charge on any atom is -0.373 e. The van der Waals surface area contributed by atoms with E-state index in [0.717, 1.165) is 0 Å². The summed E-state index contributed by atoms with van der Waals surface area (Å²) in [6, 6.07) is 0. The van der Waals surface area contributed by atoms with Gasteiger partial charge in [-0.3, -0.25) is 4.79 Å². The van der Waals surface area contributed by atoms with Gasteiger partial charge in [0.1, 0.15) is 5.54 Å². The van der Waals surface area contributed by atoms with Gasteiger partial charge in [0.25, 0.3) is 0 Å². The van der Waals surface area contributed by atoms with Crippen LogP contribution in [0, 0.1) is 0 Å². The van der Waals surface area contributed by atoms with E-state index in [1.807, 2.05) is 0 Å². The van der Waals surface area contributed by atoms with Crippen molar-refractivity contribution in [1.29, 1.82) is 0 Å². The highest BCUT2D eigenvalue weighted by atomic mass is 16.1. The third-order valence-corrected chi connectivity index (χ3v) is 1.69. The molecule has 4 nitrogen and oxygen atoms in total. The van der Waals surface area contributed by atoms with E-state index in [0.29, 0.717) is 0 Å². The van der Waals surface area contributed by atoms with E-state index < -0.39 is 11.4 Å². The van der Waals surface area contributed by atoms with Gasteiger partial charge in [-0.05, 0) is 18.4 Å². The summed E-state index contributed by atoms with van der Waals surface area (Å²) in [6.45, 7) is 0.170. The Morgan fingerprint density at radius 1 is 1.55 bits per heavy atom. The zero-order valence-corrected chi connectivity index (χ0v) is 6.08. The van der Waals surface area contributed by atoms with Gasteiger partial charge in [-0.15, -0.1) is 0 Å². The summed E-state index contributed by atoms with van der Waals surface area (Å²) < 4.78 is 0. The molecule has 0 aromatic carbocycles. The van der Waals surface area contributed by atoms with Crippen LogP contribution >= 0.6 is 0 Å². The number of rotatable bonds is 2. The fraction of sp³-hybridized carbons (Fsp3) is 0.286. The second-order valence-corrected chi connectivity index (χ2v) is 2.40. The van der Waals surface area contributed by atoms with Crippen molar-refractivity contribution in [2.75, 3.05) is 6.54 Å². The smallest absolute Gasteiger partial charge is 0.248 e.